The Bertz CT molecular complexity index is 306. The average molecular weight is 293 g/mol. The number of nitrogens with zero attached hydrogens (tertiary/aromatic N) is 2. The number of likely N-dealkylation sites (tertiary alicyclic amines) is 2. The van der Waals surface area contributed by atoms with Crippen LogP contribution in [0.2, 0.25) is 0 Å². The van der Waals surface area contributed by atoms with Crippen LogP contribution in [-0.2, 0) is 0 Å². The van der Waals surface area contributed by atoms with E-state index < -0.39 is 0 Å². The number of hydrogen-bond donors (Lipinski definition) is 1. The predicted molar refractivity (Wildman–Crippen MR) is 89.3 cm³/mol. The van der Waals surface area contributed by atoms with Crippen LogP contribution in [0.1, 0.15) is 58.8 Å². The molecule has 0 bridgehead atoms. The van der Waals surface area contributed by atoms with Crippen LogP contribution in [0.15, 0.2) is 0 Å². The molecule has 0 aromatic carbocycles. The molecule has 21 heavy (non-hydrogen) atoms. The van der Waals surface area contributed by atoms with Crippen molar-refractivity contribution in [2.45, 2.75) is 76.9 Å². The molecule has 4 atom stereocenters. The van der Waals surface area contributed by atoms with E-state index in [4.69, 9.17) is 5.73 Å². The molecule has 1 saturated carbocycles. The molecule has 3 nitrogen and oxygen atoms in total. The SMILES string of the molecule is CC1CC(C)C(N2CCC(N3CCCCC3)CC2)C(N)C1. The predicted octanol–water partition coefficient (Wildman–Crippen LogP) is 2.70. The largest absolute Gasteiger partial charge is 0.326 e. The molecular formula is C18H35N3. The van der Waals surface area contributed by atoms with Crippen molar-refractivity contribution < 1.29 is 0 Å². The molecular weight excluding hydrogens is 258 g/mol. The molecule has 3 heteroatoms. The van der Waals surface area contributed by atoms with Gasteiger partial charge in [0.25, 0.3) is 0 Å². The number of nitrogens with two attached hydrogens (primary N) is 1. The van der Waals surface area contributed by atoms with Crippen molar-refractivity contribution in [1.29, 1.82) is 0 Å². The first kappa shape index (κ1) is 15.8. The Morgan fingerprint density at radius 1 is 0.810 bits per heavy atom. The van der Waals surface area contributed by atoms with Gasteiger partial charge in [-0.05, 0) is 76.5 Å². The standard InChI is InChI=1S/C18H35N3/c1-14-12-15(2)18(17(19)13-14)21-10-6-16(7-11-21)20-8-4-3-5-9-20/h14-18H,3-13,19H2,1-2H3. The number of hydrogen-bond acceptors (Lipinski definition) is 3. The van der Waals surface area contributed by atoms with Gasteiger partial charge in [-0.15, -0.1) is 0 Å². The fourth-order valence-electron chi connectivity index (χ4n) is 5.36. The highest BCUT2D eigenvalue weighted by molar-refractivity contribution is 4.94. The Morgan fingerprint density at radius 2 is 1.48 bits per heavy atom. The average Bonchev–Trinajstić information content (AvgIpc) is 2.48. The summed E-state index contributed by atoms with van der Waals surface area (Å²) in [6.07, 6.45) is 9.61. The molecule has 122 valence electrons. The van der Waals surface area contributed by atoms with Crippen molar-refractivity contribution in [2.24, 2.45) is 17.6 Å². The van der Waals surface area contributed by atoms with Gasteiger partial charge in [0.05, 0.1) is 0 Å². The van der Waals surface area contributed by atoms with Crippen LogP contribution in [0.5, 0.6) is 0 Å². The van der Waals surface area contributed by atoms with E-state index in [1.54, 1.807) is 0 Å². The Hall–Kier alpha value is -0.120. The minimum Gasteiger partial charge on any atom is -0.326 e. The van der Waals surface area contributed by atoms with Gasteiger partial charge in [-0.1, -0.05) is 20.3 Å². The second-order valence-electron chi connectivity index (χ2n) is 8.07. The molecule has 0 amide bonds. The molecule has 0 radical (unpaired) electrons. The van der Waals surface area contributed by atoms with Crippen LogP contribution in [-0.4, -0.2) is 54.1 Å². The lowest BCUT2D eigenvalue weighted by atomic mass is 9.75. The van der Waals surface area contributed by atoms with Crippen LogP contribution in [0.4, 0.5) is 0 Å². The highest BCUT2D eigenvalue weighted by atomic mass is 15.2. The lowest BCUT2D eigenvalue weighted by Gasteiger charge is -2.48. The highest BCUT2D eigenvalue weighted by Gasteiger charge is 2.37. The zero-order valence-corrected chi connectivity index (χ0v) is 14.1. The van der Waals surface area contributed by atoms with Gasteiger partial charge < -0.3 is 10.6 Å². The van der Waals surface area contributed by atoms with Gasteiger partial charge in [0.15, 0.2) is 0 Å². The summed E-state index contributed by atoms with van der Waals surface area (Å²) < 4.78 is 0. The van der Waals surface area contributed by atoms with E-state index in [1.807, 2.05) is 0 Å². The molecule has 0 aromatic rings. The minimum atomic E-state index is 0.398. The van der Waals surface area contributed by atoms with Crippen LogP contribution in [0, 0.1) is 11.8 Å². The normalized spacial score (nSPS) is 41.3. The molecule has 3 aliphatic rings. The zero-order chi connectivity index (χ0) is 14.8. The van der Waals surface area contributed by atoms with E-state index in [0.29, 0.717) is 12.1 Å². The summed E-state index contributed by atoms with van der Waals surface area (Å²) >= 11 is 0. The van der Waals surface area contributed by atoms with Crippen molar-refractivity contribution in [3.63, 3.8) is 0 Å². The summed E-state index contributed by atoms with van der Waals surface area (Å²) in [5.74, 6) is 1.59. The van der Waals surface area contributed by atoms with Crippen molar-refractivity contribution in [3.05, 3.63) is 0 Å². The first-order chi connectivity index (χ1) is 10.1. The fraction of sp³-hybridized carbons (Fsp3) is 1.00. The first-order valence-electron chi connectivity index (χ1n) is 9.39. The van der Waals surface area contributed by atoms with Crippen LogP contribution in [0.3, 0.4) is 0 Å². The van der Waals surface area contributed by atoms with E-state index in [9.17, 15) is 0 Å². The third kappa shape index (κ3) is 3.62. The second kappa shape index (κ2) is 6.97. The van der Waals surface area contributed by atoms with E-state index >= 15 is 0 Å². The van der Waals surface area contributed by atoms with Gasteiger partial charge in [-0.25, -0.2) is 0 Å². The summed E-state index contributed by atoms with van der Waals surface area (Å²) in [7, 11) is 0. The molecule has 0 spiro atoms. The monoisotopic (exact) mass is 293 g/mol. The fourth-order valence-corrected chi connectivity index (χ4v) is 5.36. The van der Waals surface area contributed by atoms with Crippen molar-refractivity contribution >= 4 is 0 Å². The quantitative estimate of drug-likeness (QED) is 0.849. The molecule has 2 heterocycles. The van der Waals surface area contributed by atoms with Crippen LogP contribution in [0.25, 0.3) is 0 Å². The maximum absolute atomic E-state index is 6.52. The maximum atomic E-state index is 6.52. The van der Waals surface area contributed by atoms with Gasteiger partial charge in [-0.3, -0.25) is 4.90 Å². The summed E-state index contributed by atoms with van der Waals surface area (Å²) in [5.41, 5.74) is 6.52. The third-order valence-corrected chi connectivity index (χ3v) is 6.30. The van der Waals surface area contributed by atoms with Gasteiger partial charge in [0.2, 0.25) is 0 Å². The molecule has 1 aliphatic carbocycles. The van der Waals surface area contributed by atoms with Crippen LogP contribution < -0.4 is 5.73 Å². The molecule has 2 saturated heterocycles. The summed E-state index contributed by atoms with van der Waals surface area (Å²) in [4.78, 5) is 5.51. The summed E-state index contributed by atoms with van der Waals surface area (Å²) in [5, 5.41) is 0. The van der Waals surface area contributed by atoms with Crippen molar-refractivity contribution in [3.8, 4) is 0 Å². The Morgan fingerprint density at radius 3 is 2.10 bits per heavy atom. The Labute approximate surface area is 131 Å². The number of rotatable bonds is 2. The van der Waals surface area contributed by atoms with E-state index in [1.165, 1.54) is 71.1 Å². The van der Waals surface area contributed by atoms with Crippen LogP contribution >= 0.6 is 0 Å². The topological polar surface area (TPSA) is 32.5 Å². The zero-order valence-electron chi connectivity index (χ0n) is 14.1. The second-order valence-corrected chi connectivity index (χ2v) is 8.07. The van der Waals surface area contributed by atoms with Gasteiger partial charge in [-0.2, -0.15) is 0 Å². The van der Waals surface area contributed by atoms with Crippen molar-refractivity contribution in [2.75, 3.05) is 26.2 Å². The molecule has 2 aliphatic heterocycles. The van der Waals surface area contributed by atoms with E-state index in [-0.39, 0.29) is 0 Å². The highest BCUT2D eigenvalue weighted by Crippen LogP contribution is 2.33. The smallest absolute Gasteiger partial charge is 0.0272 e. The maximum Gasteiger partial charge on any atom is 0.0272 e. The summed E-state index contributed by atoms with van der Waals surface area (Å²) in [6, 6.07) is 1.90. The lowest BCUT2D eigenvalue weighted by Crippen LogP contribution is -2.58. The molecule has 2 N–H and O–H groups in total. The number of piperidine rings is 2. The Balaban J connectivity index is 1.52. The van der Waals surface area contributed by atoms with Gasteiger partial charge in [0, 0.05) is 18.1 Å². The van der Waals surface area contributed by atoms with Gasteiger partial charge in [0.1, 0.15) is 0 Å². The Kier molecular flexibility index (Phi) is 5.23. The van der Waals surface area contributed by atoms with E-state index in [2.05, 4.69) is 23.6 Å². The first-order valence-corrected chi connectivity index (χ1v) is 9.39. The lowest BCUT2D eigenvalue weighted by molar-refractivity contribution is 0.0269. The summed E-state index contributed by atoms with van der Waals surface area (Å²) in [6.45, 7) is 10.0. The third-order valence-electron chi connectivity index (χ3n) is 6.30. The molecule has 0 aromatic heterocycles. The van der Waals surface area contributed by atoms with E-state index in [0.717, 1.165) is 17.9 Å². The van der Waals surface area contributed by atoms with Gasteiger partial charge >= 0.3 is 0 Å². The molecule has 3 rings (SSSR count). The molecule has 3 fully saturated rings. The minimum absolute atomic E-state index is 0.398. The van der Waals surface area contributed by atoms with Crippen molar-refractivity contribution in [1.82, 2.24) is 9.80 Å². The molecule has 4 unspecified atom stereocenters.